The van der Waals surface area contributed by atoms with Crippen LogP contribution in [-0.2, 0) is 23.2 Å². The van der Waals surface area contributed by atoms with Crippen molar-refractivity contribution < 1.29 is 32.5 Å². The Kier molecular flexibility index (Phi) is 5.65. The molecule has 1 aliphatic rings. The zero-order chi connectivity index (χ0) is 22.1. The molecule has 0 unspecified atom stereocenters. The van der Waals surface area contributed by atoms with E-state index in [1.165, 1.54) is 24.3 Å². The van der Waals surface area contributed by atoms with Gasteiger partial charge in [0.15, 0.2) is 11.8 Å². The number of ether oxygens (including phenoxy) is 2. The van der Waals surface area contributed by atoms with Crippen molar-refractivity contribution in [2.45, 2.75) is 50.9 Å². The number of nitrogens with zero attached hydrogens (tertiary/aromatic N) is 3. The van der Waals surface area contributed by atoms with Gasteiger partial charge in [-0.1, -0.05) is 12.1 Å². The van der Waals surface area contributed by atoms with Crippen molar-refractivity contribution >= 4 is 5.97 Å². The lowest BCUT2D eigenvalue weighted by molar-refractivity contribution is -0.180. The van der Waals surface area contributed by atoms with Gasteiger partial charge in [0, 0.05) is 6.42 Å². The van der Waals surface area contributed by atoms with E-state index in [-0.39, 0.29) is 36.7 Å². The van der Waals surface area contributed by atoms with E-state index >= 15 is 0 Å². The fourth-order valence-electron chi connectivity index (χ4n) is 3.11. The Balaban J connectivity index is 1.62. The van der Waals surface area contributed by atoms with Crippen molar-refractivity contribution in [2.75, 3.05) is 6.61 Å². The molecule has 0 bridgehead atoms. The molecule has 160 valence electrons. The molecule has 30 heavy (non-hydrogen) atoms. The topological polar surface area (TPSA) is 97.4 Å². The molecule has 0 saturated carbocycles. The van der Waals surface area contributed by atoms with Crippen molar-refractivity contribution in [3.8, 4) is 17.8 Å². The number of nitriles is 1. The van der Waals surface area contributed by atoms with Gasteiger partial charge in [0.25, 0.3) is 6.01 Å². The van der Waals surface area contributed by atoms with Crippen LogP contribution in [0.1, 0.15) is 37.2 Å². The Morgan fingerprint density at radius 2 is 2.03 bits per heavy atom. The zero-order valence-corrected chi connectivity index (χ0v) is 16.4. The number of halogens is 3. The van der Waals surface area contributed by atoms with Gasteiger partial charge in [-0.15, -0.1) is 0 Å². The highest BCUT2D eigenvalue weighted by molar-refractivity contribution is 5.67. The molecule has 0 saturated heterocycles. The molecule has 7 nitrogen and oxygen atoms in total. The molecule has 10 heteroatoms. The number of carbonyl (C=O) groups is 1. The normalized spacial score (nSPS) is 15.9. The first-order chi connectivity index (χ1) is 14.0. The van der Waals surface area contributed by atoms with Crippen LogP contribution in [-0.4, -0.2) is 39.5 Å². The van der Waals surface area contributed by atoms with E-state index in [1.54, 1.807) is 4.57 Å². The summed E-state index contributed by atoms with van der Waals surface area (Å²) < 4.78 is 52.4. The van der Waals surface area contributed by atoms with Crippen LogP contribution in [0.3, 0.4) is 0 Å². The second-order valence-electron chi connectivity index (χ2n) is 7.50. The van der Waals surface area contributed by atoms with E-state index in [1.807, 2.05) is 6.07 Å². The van der Waals surface area contributed by atoms with Crippen molar-refractivity contribution in [3.05, 3.63) is 41.2 Å². The van der Waals surface area contributed by atoms with Crippen LogP contribution in [0.15, 0.2) is 24.3 Å². The molecule has 0 radical (unpaired) electrons. The highest BCUT2D eigenvalue weighted by atomic mass is 19.4. The number of hydrogen-bond acceptors (Lipinski definition) is 5. The lowest BCUT2D eigenvalue weighted by Crippen LogP contribution is -2.36. The van der Waals surface area contributed by atoms with Gasteiger partial charge in [0.05, 0.1) is 24.1 Å². The van der Waals surface area contributed by atoms with E-state index in [4.69, 9.17) is 19.8 Å². The highest BCUT2D eigenvalue weighted by Crippen LogP contribution is 2.40. The van der Waals surface area contributed by atoms with E-state index in [2.05, 4.69) is 4.98 Å². The molecule has 1 atom stereocenters. The molecule has 1 aliphatic heterocycles. The van der Waals surface area contributed by atoms with Gasteiger partial charge in [-0.25, -0.2) is 0 Å². The van der Waals surface area contributed by atoms with Gasteiger partial charge < -0.3 is 14.6 Å². The summed E-state index contributed by atoms with van der Waals surface area (Å²) in [5.74, 6) is -0.584. The van der Waals surface area contributed by atoms with Crippen molar-refractivity contribution in [2.24, 2.45) is 0 Å². The quantitative estimate of drug-likeness (QED) is 0.733. The Hall–Kier alpha value is -3.22. The minimum Gasteiger partial charge on any atom is -0.490 e. The van der Waals surface area contributed by atoms with Gasteiger partial charge in [-0.2, -0.15) is 23.4 Å². The molecule has 1 aromatic carbocycles. The Bertz CT molecular complexity index is 975. The van der Waals surface area contributed by atoms with Crippen molar-refractivity contribution in [3.63, 3.8) is 0 Å². The molecule has 0 spiro atoms. The predicted octanol–water partition coefficient (Wildman–Crippen LogP) is 3.45. The number of imidazole rings is 1. The van der Waals surface area contributed by atoms with E-state index in [0.29, 0.717) is 18.0 Å². The van der Waals surface area contributed by atoms with Crippen LogP contribution >= 0.6 is 0 Å². The number of benzene rings is 1. The molecule has 2 heterocycles. The average molecular weight is 423 g/mol. The molecule has 3 rings (SSSR count). The van der Waals surface area contributed by atoms with Crippen LogP contribution < -0.4 is 9.47 Å². The fourth-order valence-corrected chi connectivity index (χ4v) is 3.11. The summed E-state index contributed by atoms with van der Waals surface area (Å²) in [6.07, 6.45) is -4.77. The largest absolute Gasteiger partial charge is 0.490 e. The number of fused-ring (bicyclic) bond motifs is 1. The summed E-state index contributed by atoms with van der Waals surface area (Å²) in [4.78, 5) is 14.9. The maximum atomic E-state index is 13.1. The smallest absolute Gasteiger partial charge is 0.397 e. The number of carboxylic acid groups (broad SMARTS) is 1. The van der Waals surface area contributed by atoms with Gasteiger partial charge in [-0.3, -0.25) is 9.36 Å². The maximum Gasteiger partial charge on any atom is 0.397 e. The molecular formula is C20H20F3N3O4. The van der Waals surface area contributed by atoms with E-state index < -0.39 is 23.7 Å². The average Bonchev–Trinajstić information content (AvgIpc) is 3.21. The Morgan fingerprint density at radius 3 is 2.60 bits per heavy atom. The SMILES string of the molecule is CC(C)(c1ccc(OC[C@@H]2Cn3c(nc(C#N)c3CCC(=O)O)O2)cc1)C(F)(F)F. The monoisotopic (exact) mass is 423 g/mol. The third-order valence-corrected chi connectivity index (χ3v) is 5.10. The van der Waals surface area contributed by atoms with Gasteiger partial charge in [0.1, 0.15) is 18.4 Å². The van der Waals surface area contributed by atoms with Crippen LogP contribution in [0.25, 0.3) is 0 Å². The number of hydrogen-bond donors (Lipinski definition) is 1. The van der Waals surface area contributed by atoms with Gasteiger partial charge >= 0.3 is 12.1 Å². The molecular weight excluding hydrogens is 403 g/mol. The molecule has 1 aromatic heterocycles. The van der Waals surface area contributed by atoms with Crippen LogP contribution in [0.4, 0.5) is 13.2 Å². The number of carboxylic acids is 1. The second-order valence-corrected chi connectivity index (χ2v) is 7.50. The van der Waals surface area contributed by atoms with Crippen LogP contribution in [0, 0.1) is 11.3 Å². The lowest BCUT2D eigenvalue weighted by Gasteiger charge is -2.28. The van der Waals surface area contributed by atoms with Gasteiger partial charge in [0.2, 0.25) is 0 Å². The summed E-state index contributed by atoms with van der Waals surface area (Å²) in [7, 11) is 0. The van der Waals surface area contributed by atoms with E-state index in [0.717, 1.165) is 13.8 Å². The molecule has 0 amide bonds. The molecule has 0 aliphatic carbocycles. The summed E-state index contributed by atoms with van der Waals surface area (Å²) in [6.45, 7) is 2.69. The van der Waals surface area contributed by atoms with Crippen LogP contribution in [0.5, 0.6) is 11.8 Å². The summed E-state index contributed by atoms with van der Waals surface area (Å²) in [5.41, 5.74) is -1.21. The third-order valence-electron chi connectivity index (χ3n) is 5.10. The number of alkyl halides is 3. The first-order valence-electron chi connectivity index (χ1n) is 9.21. The fraction of sp³-hybridized carbons (Fsp3) is 0.450. The third kappa shape index (κ3) is 4.20. The minimum atomic E-state index is -4.37. The molecule has 0 fully saturated rings. The van der Waals surface area contributed by atoms with Crippen LogP contribution in [0.2, 0.25) is 0 Å². The summed E-state index contributed by atoms with van der Waals surface area (Å²) in [6, 6.07) is 7.87. The van der Waals surface area contributed by atoms with E-state index in [9.17, 15) is 18.0 Å². The zero-order valence-electron chi connectivity index (χ0n) is 16.4. The van der Waals surface area contributed by atoms with Gasteiger partial charge in [-0.05, 0) is 31.5 Å². The number of rotatable bonds is 7. The minimum absolute atomic E-state index is 0.117. The Morgan fingerprint density at radius 1 is 1.37 bits per heavy atom. The lowest BCUT2D eigenvalue weighted by atomic mass is 9.84. The van der Waals surface area contributed by atoms with Crippen molar-refractivity contribution in [1.29, 1.82) is 5.26 Å². The standard InChI is InChI=1S/C20H20F3N3O4/c1-19(2,20(21,22)23)12-3-5-13(6-4-12)29-11-14-10-26-16(7-8-17(27)28)15(9-24)25-18(26)30-14/h3-6,14H,7-8,10-11H2,1-2H3,(H,27,28)/t14-/m0/s1. The maximum absolute atomic E-state index is 13.1. The van der Waals surface area contributed by atoms with Crippen molar-refractivity contribution in [1.82, 2.24) is 9.55 Å². The molecule has 1 N–H and O–H groups in total. The first kappa shape index (κ1) is 21.5. The first-order valence-corrected chi connectivity index (χ1v) is 9.21. The number of aliphatic carboxylic acids is 1. The second kappa shape index (κ2) is 7.89. The summed E-state index contributed by atoms with van der Waals surface area (Å²) >= 11 is 0. The number of aromatic nitrogens is 2. The molecule has 2 aromatic rings. The summed E-state index contributed by atoms with van der Waals surface area (Å²) in [5, 5.41) is 18.0. The predicted molar refractivity (Wildman–Crippen MR) is 98.3 cm³/mol. The Labute approximate surface area is 170 Å². The highest BCUT2D eigenvalue weighted by Gasteiger charge is 2.48.